The van der Waals surface area contributed by atoms with Crippen LogP contribution in [0.5, 0.6) is 5.75 Å². The number of ether oxygens (including phenoxy) is 1. The third kappa shape index (κ3) is 6.17. The van der Waals surface area contributed by atoms with E-state index in [1.54, 1.807) is 7.11 Å². The van der Waals surface area contributed by atoms with Gasteiger partial charge in [-0.1, -0.05) is 24.3 Å². The Labute approximate surface area is 172 Å². The summed E-state index contributed by atoms with van der Waals surface area (Å²) in [6, 6.07) is 16.2. The maximum absolute atomic E-state index is 5.96. The maximum atomic E-state index is 5.96. The van der Waals surface area contributed by atoms with E-state index in [-0.39, 0.29) is 24.0 Å². The zero-order chi connectivity index (χ0) is 17.5. The van der Waals surface area contributed by atoms with Crippen LogP contribution in [0.4, 0.5) is 5.69 Å². The lowest BCUT2D eigenvalue weighted by molar-refractivity contribution is 0.331. The Morgan fingerprint density at radius 3 is 2.27 bits per heavy atom. The Bertz CT molecular complexity index is 695. The van der Waals surface area contributed by atoms with E-state index in [2.05, 4.69) is 39.5 Å². The van der Waals surface area contributed by atoms with E-state index in [1.165, 1.54) is 31.5 Å². The fourth-order valence-corrected chi connectivity index (χ4v) is 2.99. The van der Waals surface area contributed by atoms with Crippen molar-refractivity contribution in [1.82, 2.24) is 4.90 Å². The molecule has 1 aliphatic heterocycles. The predicted molar refractivity (Wildman–Crippen MR) is 118 cm³/mol. The summed E-state index contributed by atoms with van der Waals surface area (Å²) in [5.74, 6) is 1.22. The van der Waals surface area contributed by atoms with Crippen molar-refractivity contribution < 1.29 is 4.74 Å². The molecule has 5 nitrogen and oxygen atoms in total. The lowest BCUT2D eigenvalue weighted by atomic mass is 10.1. The van der Waals surface area contributed by atoms with Crippen LogP contribution in [0.1, 0.15) is 24.0 Å². The third-order valence-electron chi connectivity index (χ3n) is 4.42. The second-order valence-corrected chi connectivity index (χ2v) is 6.35. The second kappa shape index (κ2) is 10.4. The number of nitrogens with zero attached hydrogens (tertiary/aromatic N) is 2. The van der Waals surface area contributed by atoms with Gasteiger partial charge in [0, 0.05) is 12.2 Å². The number of rotatable bonds is 6. The molecule has 6 heteroatoms. The van der Waals surface area contributed by atoms with Gasteiger partial charge in [-0.05, 0) is 61.3 Å². The molecule has 0 amide bonds. The highest BCUT2D eigenvalue weighted by Crippen LogP contribution is 2.15. The number of guanidine groups is 1. The van der Waals surface area contributed by atoms with Gasteiger partial charge in [-0.3, -0.25) is 4.90 Å². The minimum atomic E-state index is 0. The molecule has 0 atom stereocenters. The number of hydrogen-bond donors (Lipinski definition) is 2. The van der Waals surface area contributed by atoms with Crippen molar-refractivity contribution in [1.29, 1.82) is 0 Å². The molecule has 3 rings (SSSR count). The Kier molecular flexibility index (Phi) is 8.18. The molecular weight excluding hydrogens is 439 g/mol. The summed E-state index contributed by atoms with van der Waals surface area (Å²) >= 11 is 0. The molecule has 1 heterocycles. The molecule has 0 unspecified atom stereocenters. The van der Waals surface area contributed by atoms with E-state index in [1.807, 2.05) is 24.3 Å². The first kappa shape index (κ1) is 20.5. The van der Waals surface area contributed by atoms with Gasteiger partial charge in [0.25, 0.3) is 0 Å². The first-order valence-corrected chi connectivity index (χ1v) is 8.74. The molecule has 2 aromatic rings. The third-order valence-corrected chi connectivity index (χ3v) is 4.42. The monoisotopic (exact) mass is 466 g/mol. The molecule has 1 fully saturated rings. The van der Waals surface area contributed by atoms with Gasteiger partial charge in [-0.15, -0.1) is 24.0 Å². The summed E-state index contributed by atoms with van der Waals surface area (Å²) < 4.78 is 5.14. The van der Waals surface area contributed by atoms with Crippen LogP contribution >= 0.6 is 24.0 Å². The van der Waals surface area contributed by atoms with E-state index in [0.29, 0.717) is 12.5 Å². The lowest BCUT2D eigenvalue weighted by Crippen LogP contribution is -2.22. The van der Waals surface area contributed by atoms with Crippen molar-refractivity contribution in [2.75, 3.05) is 25.5 Å². The van der Waals surface area contributed by atoms with Crippen LogP contribution in [0.15, 0.2) is 53.5 Å². The number of nitrogens with one attached hydrogen (secondary N) is 1. The number of aliphatic imine (C=N–C) groups is 1. The van der Waals surface area contributed by atoms with Crippen LogP contribution in [-0.2, 0) is 13.1 Å². The summed E-state index contributed by atoms with van der Waals surface area (Å²) in [6.45, 7) is 4.06. The van der Waals surface area contributed by atoms with Crippen molar-refractivity contribution in [3.05, 3.63) is 59.7 Å². The van der Waals surface area contributed by atoms with Gasteiger partial charge in [-0.25, -0.2) is 4.99 Å². The van der Waals surface area contributed by atoms with E-state index < -0.39 is 0 Å². The topological polar surface area (TPSA) is 62.9 Å². The molecule has 0 saturated carbocycles. The number of methoxy groups -OCH3 is 1. The molecule has 0 spiro atoms. The van der Waals surface area contributed by atoms with Crippen LogP contribution in [0, 0.1) is 0 Å². The highest BCUT2D eigenvalue weighted by molar-refractivity contribution is 14.0. The number of nitrogens with two attached hydrogens (primary N) is 1. The fourth-order valence-electron chi connectivity index (χ4n) is 2.99. The molecule has 0 aliphatic carbocycles. The average molecular weight is 466 g/mol. The summed E-state index contributed by atoms with van der Waals surface area (Å²) in [6.07, 6.45) is 2.65. The predicted octanol–water partition coefficient (Wildman–Crippen LogP) is 3.84. The van der Waals surface area contributed by atoms with Crippen molar-refractivity contribution in [2.45, 2.75) is 25.9 Å². The largest absolute Gasteiger partial charge is 0.497 e. The highest BCUT2D eigenvalue weighted by atomic mass is 127. The number of halogens is 1. The van der Waals surface area contributed by atoms with Crippen LogP contribution < -0.4 is 15.8 Å². The fraction of sp³-hybridized carbons (Fsp3) is 0.350. The quantitative estimate of drug-likeness (QED) is 0.386. The van der Waals surface area contributed by atoms with Gasteiger partial charge >= 0.3 is 0 Å². The Balaban J connectivity index is 0.00000243. The van der Waals surface area contributed by atoms with Gasteiger partial charge in [-0.2, -0.15) is 0 Å². The molecule has 2 aromatic carbocycles. The highest BCUT2D eigenvalue weighted by Gasteiger charge is 2.11. The Morgan fingerprint density at radius 2 is 1.65 bits per heavy atom. The van der Waals surface area contributed by atoms with Crippen molar-refractivity contribution in [3.8, 4) is 5.75 Å². The minimum Gasteiger partial charge on any atom is -0.497 e. The molecule has 1 saturated heterocycles. The molecule has 26 heavy (non-hydrogen) atoms. The Hall–Kier alpha value is -1.80. The van der Waals surface area contributed by atoms with Crippen LogP contribution in [0.2, 0.25) is 0 Å². The second-order valence-electron chi connectivity index (χ2n) is 6.35. The molecule has 140 valence electrons. The minimum absolute atomic E-state index is 0. The Morgan fingerprint density at radius 1 is 1.04 bits per heavy atom. The summed E-state index contributed by atoms with van der Waals surface area (Å²) in [5.41, 5.74) is 9.37. The summed E-state index contributed by atoms with van der Waals surface area (Å²) in [4.78, 5) is 6.91. The van der Waals surface area contributed by atoms with Crippen molar-refractivity contribution in [3.63, 3.8) is 0 Å². The van der Waals surface area contributed by atoms with Gasteiger partial charge in [0.15, 0.2) is 5.96 Å². The number of anilines is 1. The first-order valence-electron chi connectivity index (χ1n) is 8.74. The van der Waals surface area contributed by atoms with E-state index in [9.17, 15) is 0 Å². The average Bonchev–Trinajstić information content (AvgIpc) is 3.15. The summed E-state index contributed by atoms with van der Waals surface area (Å²) in [7, 11) is 1.65. The van der Waals surface area contributed by atoms with Crippen LogP contribution in [-0.4, -0.2) is 31.1 Å². The van der Waals surface area contributed by atoms with E-state index in [4.69, 9.17) is 10.5 Å². The van der Waals surface area contributed by atoms with Gasteiger partial charge in [0.05, 0.1) is 13.7 Å². The van der Waals surface area contributed by atoms with E-state index in [0.717, 1.165) is 23.5 Å². The van der Waals surface area contributed by atoms with Crippen LogP contribution in [0.3, 0.4) is 0 Å². The van der Waals surface area contributed by atoms with Crippen molar-refractivity contribution >= 4 is 35.6 Å². The number of likely N-dealkylation sites (tertiary alicyclic amines) is 1. The van der Waals surface area contributed by atoms with E-state index >= 15 is 0 Å². The SMILES string of the molecule is COc1ccc(NC(N)=NCc2ccc(CN3CCCC3)cc2)cc1.I. The molecule has 3 N–H and O–H groups in total. The van der Waals surface area contributed by atoms with Gasteiger partial charge < -0.3 is 15.8 Å². The molecule has 1 aliphatic rings. The normalized spacial score (nSPS) is 14.7. The standard InChI is InChI=1S/C20H26N4O.HI/c1-25-19-10-8-18(9-11-19)23-20(21)22-14-16-4-6-17(7-5-16)15-24-12-2-3-13-24;/h4-11H,2-3,12-15H2,1H3,(H3,21,22,23);1H. The van der Waals surface area contributed by atoms with Crippen LogP contribution in [0.25, 0.3) is 0 Å². The van der Waals surface area contributed by atoms with Gasteiger partial charge in [0.2, 0.25) is 0 Å². The molecule has 0 radical (unpaired) electrons. The lowest BCUT2D eigenvalue weighted by Gasteiger charge is -2.14. The molecule has 0 aromatic heterocycles. The smallest absolute Gasteiger partial charge is 0.193 e. The van der Waals surface area contributed by atoms with Gasteiger partial charge in [0.1, 0.15) is 5.75 Å². The maximum Gasteiger partial charge on any atom is 0.193 e. The molecular formula is C20H27IN4O. The number of benzene rings is 2. The zero-order valence-corrected chi connectivity index (χ0v) is 17.5. The zero-order valence-electron chi connectivity index (χ0n) is 15.1. The van der Waals surface area contributed by atoms with Crippen molar-refractivity contribution in [2.24, 2.45) is 10.7 Å². The summed E-state index contributed by atoms with van der Waals surface area (Å²) in [5, 5.41) is 3.09. The number of hydrogen-bond acceptors (Lipinski definition) is 3. The first-order chi connectivity index (χ1) is 12.2. The molecule has 0 bridgehead atoms.